The maximum atomic E-state index is 11.4. The van der Waals surface area contributed by atoms with Crippen molar-refractivity contribution in [2.24, 2.45) is 0 Å². The Kier molecular flexibility index (Phi) is 4.90. The molecule has 0 bridgehead atoms. The number of rotatable bonds is 1. The first kappa shape index (κ1) is 13.2. The lowest BCUT2D eigenvalue weighted by Gasteiger charge is -2.19. The predicted octanol–water partition coefficient (Wildman–Crippen LogP) is 2.26. The van der Waals surface area contributed by atoms with Crippen LogP contribution in [0.25, 0.3) is 0 Å². The van der Waals surface area contributed by atoms with Crippen molar-refractivity contribution in [1.82, 2.24) is 0 Å². The van der Waals surface area contributed by atoms with Crippen LogP contribution in [-0.4, -0.2) is 28.9 Å². The first-order valence-electron chi connectivity index (χ1n) is 4.27. The maximum absolute atomic E-state index is 11.4. The van der Waals surface area contributed by atoms with E-state index >= 15 is 0 Å². The van der Waals surface area contributed by atoms with Gasteiger partial charge in [-0.25, -0.2) is 4.79 Å². The smallest absolute Gasteiger partial charge is 0.338 e. The number of ether oxygens (including phenoxy) is 1. The van der Waals surface area contributed by atoms with Crippen molar-refractivity contribution < 1.29 is 9.53 Å². The SMILES string of the molecule is CC(C)(C)OC(=O)c1ccccc1.[Al]. The Hall–Kier alpha value is -0.778. The monoisotopic (exact) mass is 205 g/mol. The molecule has 3 heteroatoms. The fourth-order valence-electron chi connectivity index (χ4n) is 0.911. The Morgan fingerprint density at radius 1 is 1.14 bits per heavy atom. The molecule has 0 saturated carbocycles. The van der Waals surface area contributed by atoms with Crippen LogP contribution in [0.2, 0.25) is 0 Å². The number of benzene rings is 1. The lowest BCUT2D eigenvalue weighted by Crippen LogP contribution is -2.23. The van der Waals surface area contributed by atoms with E-state index in [4.69, 9.17) is 4.74 Å². The van der Waals surface area contributed by atoms with Crippen LogP contribution in [0.1, 0.15) is 31.1 Å². The molecular weight excluding hydrogens is 191 g/mol. The van der Waals surface area contributed by atoms with Crippen LogP contribution in [0.15, 0.2) is 30.3 Å². The van der Waals surface area contributed by atoms with Crippen LogP contribution in [0.3, 0.4) is 0 Å². The molecule has 0 fully saturated rings. The lowest BCUT2D eigenvalue weighted by molar-refractivity contribution is 0.00696. The summed E-state index contributed by atoms with van der Waals surface area (Å²) in [7, 11) is 0. The Bertz CT molecular complexity index is 288. The fraction of sp³-hybridized carbons (Fsp3) is 0.364. The summed E-state index contributed by atoms with van der Waals surface area (Å²) >= 11 is 0. The van der Waals surface area contributed by atoms with Crippen molar-refractivity contribution >= 4 is 23.3 Å². The molecule has 0 aliphatic carbocycles. The van der Waals surface area contributed by atoms with Crippen LogP contribution in [0.4, 0.5) is 0 Å². The van der Waals surface area contributed by atoms with E-state index in [0.717, 1.165) is 0 Å². The summed E-state index contributed by atoms with van der Waals surface area (Å²) < 4.78 is 5.18. The van der Waals surface area contributed by atoms with E-state index in [2.05, 4.69) is 0 Å². The number of hydrogen-bond acceptors (Lipinski definition) is 2. The first-order valence-corrected chi connectivity index (χ1v) is 4.27. The van der Waals surface area contributed by atoms with Gasteiger partial charge in [0.1, 0.15) is 5.60 Å². The van der Waals surface area contributed by atoms with E-state index in [1.165, 1.54) is 0 Å². The fourth-order valence-corrected chi connectivity index (χ4v) is 0.911. The van der Waals surface area contributed by atoms with Gasteiger partial charge in [0, 0.05) is 17.4 Å². The van der Waals surface area contributed by atoms with E-state index in [-0.39, 0.29) is 23.3 Å². The minimum Gasteiger partial charge on any atom is -0.456 e. The molecule has 14 heavy (non-hydrogen) atoms. The second-order valence-corrected chi connectivity index (χ2v) is 3.87. The third-order valence-electron chi connectivity index (χ3n) is 1.41. The molecule has 1 aromatic carbocycles. The molecule has 3 radical (unpaired) electrons. The second-order valence-electron chi connectivity index (χ2n) is 3.87. The molecule has 0 aromatic heterocycles. The second kappa shape index (κ2) is 5.19. The molecule has 0 atom stereocenters. The number of carbonyl (C=O) groups is 1. The molecule has 73 valence electrons. The molecule has 0 aliphatic rings. The average molecular weight is 205 g/mol. The zero-order valence-corrected chi connectivity index (χ0v) is 9.94. The van der Waals surface area contributed by atoms with Gasteiger partial charge in [-0.1, -0.05) is 18.2 Å². The number of carbonyl (C=O) groups excluding carboxylic acids is 1. The molecule has 0 aliphatic heterocycles. The molecule has 2 nitrogen and oxygen atoms in total. The molecular formula is C11H14AlO2. The summed E-state index contributed by atoms with van der Waals surface area (Å²) in [6.07, 6.45) is 0. The van der Waals surface area contributed by atoms with Gasteiger partial charge in [-0.15, -0.1) is 0 Å². The van der Waals surface area contributed by atoms with Crippen LogP contribution < -0.4 is 0 Å². The Balaban J connectivity index is 0.00000169. The quantitative estimate of drug-likeness (QED) is 0.519. The molecule has 0 spiro atoms. The van der Waals surface area contributed by atoms with Crippen molar-refractivity contribution in [3.05, 3.63) is 35.9 Å². The van der Waals surface area contributed by atoms with E-state index in [1.807, 2.05) is 39.0 Å². The van der Waals surface area contributed by atoms with Gasteiger partial charge in [0.25, 0.3) is 0 Å². The van der Waals surface area contributed by atoms with Gasteiger partial charge in [-0.3, -0.25) is 0 Å². The molecule has 0 saturated heterocycles. The Labute approximate surface area is 95.4 Å². The van der Waals surface area contributed by atoms with Crippen LogP contribution in [-0.2, 0) is 4.74 Å². The standard InChI is InChI=1S/C11H14O2.Al/c1-11(2,3)13-10(12)9-7-5-4-6-8-9;/h4-8H,1-3H3;. The van der Waals surface area contributed by atoms with Gasteiger partial charge < -0.3 is 4.74 Å². The Morgan fingerprint density at radius 2 is 1.64 bits per heavy atom. The highest BCUT2D eigenvalue weighted by molar-refractivity contribution is 5.89. The lowest BCUT2D eigenvalue weighted by atomic mass is 10.2. The van der Waals surface area contributed by atoms with Crippen LogP contribution in [0, 0.1) is 0 Å². The van der Waals surface area contributed by atoms with Crippen LogP contribution >= 0.6 is 0 Å². The largest absolute Gasteiger partial charge is 0.456 e. The first-order chi connectivity index (χ1) is 5.99. The molecule has 0 heterocycles. The van der Waals surface area contributed by atoms with Gasteiger partial charge in [0.2, 0.25) is 0 Å². The number of esters is 1. The highest BCUT2D eigenvalue weighted by Crippen LogP contribution is 2.11. The third-order valence-corrected chi connectivity index (χ3v) is 1.41. The summed E-state index contributed by atoms with van der Waals surface area (Å²) in [5.74, 6) is -0.270. The molecule has 0 amide bonds. The summed E-state index contributed by atoms with van der Waals surface area (Å²) in [5.41, 5.74) is 0.171. The maximum Gasteiger partial charge on any atom is 0.338 e. The highest BCUT2D eigenvalue weighted by Gasteiger charge is 2.16. The topological polar surface area (TPSA) is 26.3 Å². The van der Waals surface area contributed by atoms with E-state index < -0.39 is 5.60 Å². The third kappa shape index (κ3) is 4.46. The summed E-state index contributed by atoms with van der Waals surface area (Å²) in [6.45, 7) is 5.56. The van der Waals surface area contributed by atoms with E-state index in [0.29, 0.717) is 5.56 Å². The normalized spacial score (nSPS) is 10.2. The predicted molar refractivity (Wildman–Crippen MR) is 57.4 cm³/mol. The van der Waals surface area contributed by atoms with Crippen molar-refractivity contribution in [1.29, 1.82) is 0 Å². The molecule has 1 rings (SSSR count). The van der Waals surface area contributed by atoms with Gasteiger partial charge >= 0.3 is 5.97 Å². The van der Waals surface area contributed by atoms with Gasteiger partial charge in [0.15, 0.2) is 0 Å². The van der Waals surface area contributed by atoms with Crippen molar-refractivity contribution in [2.45, 2.75) is 26.4 Å². The molecule has 0 N–H and O–H groups in total. The van der Waals surface area contributed by atoms with Crippen molar-refractivity contribution in [3.8, 4) is 0 Å². The van der Waals surface area contributed by atoms with Crippen molar-refractivity contribution in [2.75, 3.05) is 0 Å². The van der Waals surface area contributed by atoms with E-state index in [9.17, 15) is 4.79 Å². The summed E-state index contributed by atoms with van der Waals surface area (Å²) in [4.78, 5) is 11.4. The summed E-state index contributed by atoms with van der Waals surface area (Å²) in [6, 6.07) is 8.99. The van der Waals surface area contributed by atoms with Gasteiger partial charge in [-0.05, 0) is 32.9 Å². The van der Waals surface area contributed by atoms with Gasteiger partial charge in [-0.2, -0.15) is 0 Å². The van der Waals surface area contributed by atoms with Crippen molar-refractivity contribution in [3.63, 3.8) is 0 Å². The molecule has 0 unspecified atom stereocenters. The average Bonchev–Trinajstić information content (AvgIpc) is 2.03. The summed E-state index contributed by atoms with van der Waals surface area (Å²) in [5, 5.41) is 0. The minimum absolute atomic E-state index is 0. The van der Waals surface area contributed by atoms with E-state index in [1.54, 1.807) is 12.1 Å². The zero-order valence-electron chi connectivity index (χ0n) is 8.78. The molecule has 1 aromatic rings. The number of hydrogen-bond donors (Lipinski definition) is 0. The Morgan fingerprint density at radius 3 is 2.07 bits per heavy atom. The van der Waals surface area contributed by atoms with Crippen LogP contribution in [0.5, 0.6) is 0 Å². The zero-order chi connectivity index (χ0) is 9.90. The highest BCUT2D eigenvalue weighted by atomic mass is 27.0. The minimum atomic E-state index is -0.424. The van der Waals surface area contributed by atoms with Gasteiger partial charge in [0.05, 0.1) is 5.56 Å².